The molecule has 0 aliphatic rings. The highest BCUT2D eigenvalue weighted by atomic mass is 35.5. The zero-order valence-electron chi connectivity index (χ0n) is 17.5. The Morgan fingerprint density at radius 2 is 1.59 bits per heavy atom. The number of hydrogen-bond donors (Lipinski definition) is 0. The van der Waals surface area contributed by atoms with Crippen molar-refractivity contribution in [3.05, 3.63) is 73.2 Å². The van der Waals surface area contributed by atoms with Gasteiger partial charge in [0.1, 0.15) is 5.60 Å². The van der Waals surface area contributed by atoms with Crippen LogP contribution < -0.4 is 0 Å². The fraction of sp³-hybridized carbons (Fsp3) is 0.348. The summed E-state index contributed by atoms with van der Waals surface area (Å²) in [5.41, 5.74) is 0.450. The third-order valence-corrected chi connectivity index (χ3v) is 5.84. The highest BCUT2D eigenvalue weighted by molar-refractivity contribution is 6.48. The first-order chi connectivity index (χ1) is 14.7. The van der Waals surface area contributed by atoms with Gasteiger partial charge in [0.15, 0.2) is 0 Å². The second-order valence-electron chi connectivity index (χ2n) is 8.11. The summed E-state index contributed by atoms with van der Waals surface area (Å²) in [5.74, 6) is -2.30. The molecule has 0 radical (unpaired) electrons. The van der Waals surface area contributed by atoms with Gasteiger partial charge >= 0.3 is 12.1 Å². The van der Waals surface area contributed by atoms with E-state index in [1.165, 1.54) is 12.1 Å². The first kappa shape index (κ1) is 26.8. The molecule has 2 rings (SSSR count). The maximum atomic E-state index is 13.7. The maximum absolute atomic E-state index is 13.7. The Bertz CT molecular complexity index is 988. The van der Waals surface area contributed by atoms with Gasteiger partial charge in [-0.3, -0.25) is 4.79 Å². The molecule has 0 fully saturated rings. The molecule has 9 heteroatoms. The van der Waals surface area contributed by atoms with E-state index < -0.39 is 17.7 Å². The molecule has 0 bridgehead atoms. The van der Waals surface area contributed by atoms with Crippen LogP contribution in [0.2, 0.25) is 20.1 Å². The van der Waals surface area contributed by atoms with Crippen molar-refractivity contribution >= 4 is 58.4 Å². The van der Waals surface area contributed by atoms with E-state index in [2.05, 4.69) is 0 Å². The van der Waals surface area contributed by atoms with Gasteiger partial charge in [0.05, 0.1) is 21.0 Å². The molecule has 0 saturated carbocycles. The Balaban J connectivity index is 2.20. The minimum atomic E-state index is -4.58. The van der Waals surface area contributed by atoms with E-state index in [1.54, 1.807) is 32.9 Å². The lowest BCUT2D eigenvalue weighted by molar-refractivity contribution is -0.154. The summed E-state index contributed by atoms with van der Waals surface area (Å²) in [6, 6.07) is 7.13. The zero-order valence-corrected chi connectivity index (χ0v) is 20.5. The highest BCUT2D eigenvalue weighted by Crippen LogP contribution is 2.41. The summed E-state index contributed by atoms with van der Waals surface area (Å²) < 4.78 is 46.3. The topological polar surface area (TPSA) is 26.3 Å². The van der Waals surface area contributed by atoms with Crippen LogP contribution in [0.25, 0.3) is 6.08 Å². The first-order valence-electron chi connectivity index (χ1n) is 9.57. The van der Waals surface area contributed by atoms with Gasteiger partial charge in [0, 0.05) is 11.4 Å². The molecule has 0 spiro atoms. The van der Waals surface area contributed by atoms with E-state index in [0.717, 1.165) is 18.2 Å². The van der Waals surface area contributed by atoms with E-state index in [4.69, 9.17) is 51.1 Å². The Kier molecular flexibility index (Phi) is 8.97. The molecule has 0 aliphatic heterocycles. The number of ether oxygens (including phenoxy) is 1. The molecule has 1 atom stereocenters. The van der Waals surface area contributed by atoms with Crippen LogP contribution in [-0.2, 0) is 16.0 Å². The molecule has 2 aromatic rings. The molecule has 0 aromatic heterocycles. The van der Waals surface area contributed by atoms with Gasteiger partial charge < -0.3 is 4.74 Å². The van der Waals surface area contributed by atoms with E-state index in [0.29, 0.717) is 22.6 Å². The van der Waals surface area contributed by atoms with Crippen molar-refractivity contribution in [2.24, 2.45) is 0 Å². The van der Waals surface area contributed by atoms with E-state index in [9.17, 15) is 18.0 Å². The van der Waals surface area contributed by atoms with Crippen molar-refractivity contribution in [3.8, 4) is 0 Å². The van der Waals surface area contributed by atoms with Crippen LogP contribution in [0.15, 0.2) is 36.4 Å². The molecule has 0 heterocycles. The lowest BCUT2D eigenvalue weighted by atomic mass is 9.96. The molecule has 2 aromatic carbocycles. The molecule has 2 nitrogen and oxygen atoms in total. The molecule has 0 saturated heterocycles. The van der Waals surface area contributed by atoms with Crippen LogP contribution in [0.3, 0.4) is 0 Å². The normalized spacial score (nSPS) is 13.4. The Labute approximate surface area is 205 Å². The van der Waals surface area contributed by atoms with E-state index in [1.807, 2.05) is 0 Å². The third-order valence-electron chi connectivity index (χ3n) is 4.29. The van der Waals surface area contributed by atoms with Crippen LogP contribution in [0.4, 0.5) is 13.2 Å². The monoisotopic (exact) mass is 526 g/mol. The number of benzene rings is 2. The summed E-state index contributed by atoms with van der Waals surface area (Å²) in [6.45, 7) is 5.33. The Hall–Kier alpha value is -1.40. The number of carbonyl (C=O) groups excluding carboxylic acids is 1. The number of carbonyl (C=O) groups is 1. The van der Waals surface area contributed by atoms with E-state index in [-0.39, 0.29) is 33.0 Å². The molecule has 0 aliphatic carbocycles. The molecule has 0 amide bonds. The van der Waals surface area contributed by atoms with Crippen molar-refractivity contribution in [1.29, 1.82) is 0 Å². The number of esters is 1. The van der Waals surface area contributed by atoms with Gasteiger partial charge in [-0.05, 0) is 62.1 Å². The van der Waals surface area contributed by atoms with Gasteiger partial charge in [0.25, 0.3) is 0 Å². The summed E-state index contributed by atoms with van der Waals surface area (Å²) in [4.78, 5) is 11.9. The van der Waals surface area contributed by atoms with Crippen LogP contribution in [-0.4, -0.2) is 17.7 Å². The standard InChI is InChI=1S/C23H21Cl4F3O2/c1-22(2,3)32-20(31)9-7-14-6-4-13(10-17(14)24)5-8-16(23(28,29)30)15-11-18(25)21(27)19(26)12-15/h4-6,8,10-12,16H,7,9H2,1-3H3/b8-5+. The summed E-state index contributed by atoms with van der Waals surface area (Å²) >= 11 is 23.9. The maximum Gasteiger partial charge on any atom is 0.399 e. The second kappa shape index (κ2) is 10.7. The van der Waals surface area contributed by atoms with Crippen LogP contribution >= 0.6 is 46.4 Å². The van der Waals surface area contributed by atoms with Crippen molar-refractivity contribution < 1.29 is 22.7 Å². The summed E-state index contributed by atoms with van der Waals surface area (Å²) in [5, 5.41) is 0.219. The summed E-state index contributed by atoms with van der Waals surface area (Å²) in [6.07, 6.45) is -1.76. The van der Waals surface area contributed by atoms with Crippen molar-refractivity contribution in [3.63, 3.8) is 0 Å². The lowest BCUT2D eigenvalue weighted by Crippen LogP contribution is -2.24. The van der Waals surface area contributed by atoms with E-state index >= 15 is 0 Å². The molecule has 1 unspecified atom stereocenters. The predicted octanol–water partition coefficient (Wildman–Crippen LogP) is 8.93. The Morgan fingerprint density at radius 1 is 1.00 bits per heavy atom. The number of rotatable bonds is 6. The van der Waals surface area contributed by atoms with Crippen LogP contribution in [0, 0.1) is 0 Å². The fourth-order valence-corrected chi connectivity index (χ4v) is 3.77. The predicted molar refractivity (Wildman–Crippen MR) is 125 cm³/mol. The van der Waals surface area contributed by atoms with Gasteiger partial charge in [-0.2, -0.15) is 13.2 Å². The number of aryl methyl sites for hydroxylation is 1. The average Bonchev–Trinajstić information content (AvgIpc) is 2.63. The molecular formula is C23H21Cl4F3O2. The highest BCUT2D eigenvalue weighted by Gasteiger charge is 2.39. The van der Waals surface area contributed by atoms with Gasteiger partial charge in [-0.15, -0.1) is 0 Å². The number of alkyl halides is 3. The van der Waals surface area contributed by atoms with Crippen LogP contribution in [0.5, 0.6) is 0 Å². The van der Waals surface area contributed by atoms with Gasteiger partial charge in [-0.25, -0.2) is 0 Å². The van der Waals surface area contributed by atoms with Crippen molar-refractivity contribution in [1.82, 2.24) is 0 Å². The number of halogens is 7. The average molecular weight is 528 g/mol. The minimum absolute atomic E-state index is 0.00394. The molecule has 0 N–H and O–H groups in total. The largest absolute Gasteiger partial charge is 0.460 e. The fourth-order valence-electron chi connectivity index (χ4n) is 2.87. The minimum Gasteiger partial charge on any atom is -0.460 e. The lowest BCUT2D eigenvalue weighted by Gasteiger charge is -2.19. The van der Waals surface area contributed by atoms with Gasteiger partial charge in [0.2, 0.25) is 0 Å². The SMILES string of the molecule is CC(C)(C)OC(=O)CCc1ccc(/C=C/C(c2cc(Cl)c(Cl)c(Cl)c2)C(F)(F)F)cc1Cl. The van der Waals surface area contributed by atoms with Crippen molar-refractivity contribution in [2.75, 3.05) is 0 Å². The Morgan fingerprint density at radius 3 is 2.09 bits per heavy atom. The van der Waals surface area contributed by atoms with Gasteiger partial charge in [-0.1, -0.05) is 70.7 Å². The molecule has 32 heavy (non-hydrogen) atoms. The number of allylic oxidation sites excluding steroid dienone is 1. The second-order valence-corrected chi connectivity index (χ2v) is 9.71. The van der Waals surface area contributed by atoms with Crippen molar-refractivity contribution in [2.45, 2.75) is 51.3 Å². The number of hydrogen-bond acceptors (Lipinski definition) is 2. The third kappa shape index (κ3) is 7.87. The summed E-state index contributed by atoms with van der Waals surface area (Å²) in [7, 11) is 0. The molecule has 174 valence electrons. The first-order valence-corrected chi connectivity index (χ1v) is 11.1. The van der Waals surface area contributed by atoms with Crippen LogP contribution in [0.1, 0.15) is 49.8 Å². The smallest absolute Gasteiger partial charge is 0.399 e. The molecular weight excluding hydrogens is 507 g/mol. The zero-order chi connectivity index (χ0) is 24.3. The quantitative estimate of drug-likeness (QED) is 0.277.